The van der Waals surface area contributed by atoms with Gasteiger partial charge in [-0.2, -0.15) is 0 Å². The van der Waals surface area contributed by atoms with Crippen LogP contribution in [-0.4, -0.2) is 21.1 Å². The lowest BCUT2D eigenvalue weighted by Crippen LogP contribution is -2.10. The van der Waals surface area contributed by atoms with Gasteiger partial charge in [-0.25, -0.2) is 9.97 Å². The summed E-state index contributed by atoms with van der Waals surface area (Å²) in [5.41, 5.74) is 10.3. The summed E-state index contributed by atoms with van der Waals surface area (Å²) in [5, 5.41) is 5.62. The first-order valence-electron chi connectivity index (χ1n) is 11.9. The van der Waals surface area contributed by atoms with E-state index >= 15 is 0 Å². The molecule has 170 valence electrons. The van der Waals surface area contributed by atoms with Crippen molar-refractivity contribution in [1.29, 1.82) is 0 Å². The predicted molar refractivity (Wildman–Crippen MR) is 138 cm³/mol. The molecule has 4 aromatic rings. The van der Waals surface area contributed by atoms with Gasteiger partial charge in [0.1, 0.15) is 11.6 Å². The van der Waals surface area contributed by atoms with Gasteiger partial charge in [0.05, 0.1) is 11.1 Å². The summed E-state index contributed by atoms with van der Waals surface area (Å²) in [5.74, 6) is 1.76. The zero-order valence-corrected chi connectivity index (χ0v) is 20.7. The molecule has 1 N–H and O–H groups in total. The van der Waals surface area contributed by atoms with Crippen molar-refractivity contribution in [2.24, 2.45) is 0 Å². The molecule has 0 saturated heterocycles. The van der Waals surface area contributed by atoms with Gasteiger partial charge in [0.2, 0.25) is 0 Å². The van der Waals surface area contributed by atoms with Gasteiger partial charge >= 0.3 is 0 Å². The van der Waals surface area contributed by atoms with Crippen molar-refractivity contribution in [3.05, 3.63) is 80.8 Å². The second kappa shape index (κ2) is 8.83. The topological polar surface area (TPSA) is 42.7 Å². The SMILES string of the molecule is Cc1cc(C)c(-n2c3c(c4c(NCCc5ccc(Cl)cc5)nc(C)nc42)CCCC3)c(C)c1. The molecule has 1 aliphatic rings. The van der Waals surface area contributed by atoms with Crippen molar-refractivity contribution in [3.63, 3.8) is 0 Å². The summed E-state index contributed by atoms with van der Waals surface area (Å²) in [6.45, 7) is 9.41. The number of rotatable bonds is 5. The van der Waals surface area contributed by atoms with Gasteiger partial charge in [-0.05, 0) is 94.2 Å². The van der Waals surface area contributed by atoms with Crippen LogP contribution < -0.4 is 5.32 Å². The van der Waals surface area contributed by atoms with Crippen LogP contribution in [0.4, 0.5) is 5.82 Å². The van der Waals surface area contributed by atoms with Crippen LogP contribution in [0.3, 0.4) is 0 Å². The molecule has 1 aliphatic carbocycles. The average molecular weight is 459 g/mol. The number of anilines is 1. The third-order valence-corrected chi connectivity index (χ3v) is 6.95. The first-order valence-corrected chi connectivity index (χ1v) is 12.3. The number of aryl methyl sites for hydroxylation is 5. The molecule has 0 aliphatic heterocycles. The molecule has 2 heterocycles. The van der Waals surface area contributed by atoms with Crippen LogP contribution >= 0.6 is 11.6 Å². The summed E-state index contributed by atoms with van der Waals surface area (Å²) in [4.78, 5) is 9.86. The van der Waals surface area contributed by atoms with E-state index in [2.05, 4.69) is 54.9 Å². The minimum Gasteiger partial charge on any atom is -0.369 e. The number of fused-ring (bicyclic) bond motifs is 3. The van der Waals surface area contributed by atoms with Crippen LogP contribution in [0, 0.1) is 27.7 Å². The summed E-state index contributed by atoms with van der Waals surface area (Å²) in [7, 11) is 0. The Morgan fingerprint density at radius 1 is 0.939 bits per heavy atom. The van der Waals surface area contributed by atoms with Crippen LogP contribution in [-0.2, 0) is 19.3 Å². The van der Waals surface area contributed by atoms with Crippen LogP contribution in [0.2, 0.25) is 5.02 Å². The number of hydrogen-bond donors (Lipinski definition) is 1. The van der Waals surface area contributed by atoms with E-state index in [9.17, 15) is 0 Å². The average Bonchev–Trinajstić information content (AvgIpc) is 3.08. The molecule has 0 spiro atoms. The standard InChI is InChI=1S/C28H31ClN4/c1-17-15-18(2)26(19(3)16-17)33-24-8-6-5-7-23(24)25-27(31-20(4)32-28(25)33)30-14-13-21-9-11-22(29)12-10-21/h9-12,15-16H,5-8,13-14H2,1-4H3,(H,30,31,32). The monoisotopic (exact) mass is 458 g/mol. The van der Waals surface area contributed by atoms with E-state index in [0.29, 0.717) is 0 Å². The number of benzene rings is 2. The van der Waals surface area contributed by atoms with Crippen molar-refractivity contribution >= 4 is 28.5 Å². The van der Waals surface area contributed by atoms with Crippen molar-refractivity contribution in [2.75, 3.05) is 11.9 Å². The molecule has 0 radical (unpaired) electrons. The Balaban J connectivity index is 1.62. The third-order valence-electron chi connectivity index (χ3n) is 6.70. The van der Waals surface area contributed by atoms with E-state index < -0.39 is 0 Å². The van der Waals surface area contributed by atoms with E-state index in [1.165, 1.54) is 57.4 Å². The number of nitrogens with one attached hydrogen (secondary N) is 1. The molecular weight excluding hydrogens is 428 g/mol. The number of halogens is 1. The minimum atomic E-state index is 0.773. The Labute approximate surface area is 201 Å². The molecule has 0 unspecified atom stereocenters. The van der Waals surface area contributed by atoms with Crippen molar-refractivity contribution in [3.8, 4) is 5.69 Å². The maximum absolute atomic E-state index is 6.04. The van der Waals surface area contributed by atoms with Crippen LogP contribution in [0.5, 0.6) is 0 Å². The second-order valence-corrected chi connectivity index (χ2v) is 9.77. The molecule has 0 bridgehead atoms. The van der Waals surface area contributed by atoms with Crippen molar-refractivity contribution < 1.29 is 0 Å². The molecule has 0 amide bonds. The summed E-state index contributed by atoms with van der Waals surface area (Å²) in [6, 6.07) is 12.6. The number of nitrogens with zero attached hydrogens (tertiary/aromatic N) is 3. The highest BCUT2D eigenvalue weighted by atomic mass is 35.5. The number of hydrogen-bond acceptors (Lipinski definition) is 3. The quantitative estimate of drug-likeness (QED) is 0.356. The number of aromatic nitrogens is 3. The molecule has 2 aromatic carbocycles. The highest BCUT2D eigenvalue weighted by molar-refractivity contribution is 6.30. The van der Waals surface area contributed by atoms with E-state index in [0.717, 1.165) is 48.1 Å². The fourth-order valence-corrected chi connectivity index (χ4v) is 5.53. The zero-order chi connectivity index (χ0) is 23.1. The van der Waals surface area contributed by atoms with E-state index in [1.54, 1.807) is 0 Å². The molecule has 2 aromatic heterocycles. The zero-order valence-electron chi connectivity index (χ0n) is 19.9. The lowest BCUT2D eigenvalue weighted by molar-refractivity contribution is 0.665. The molecule has 0 atom stereocenters. The Morgan fingerprint density at radius 3 is 2.36 bits per heavy atom. The van der Waals surface area contributed by atoms with Gasteiger partial charge in [-0.3, -0.25) is 4.57 Å². The largest absolute Gasteiger partial charge is 0.369 e. The predicted octanol–water partition coefficient (Wildman–Crippen LogP) is 6.84. The van der Waals surface area contributed by atoms with Crippen molar-refractivity contribution in [1.82, 2.24) is 14.5 Å². The molecule has 0 saturated carbocycles. The lowest BCUT2D eigenvalue weighted by atomic mass is 9.95. The highest BCUT2D eigenvalue weighted by Gasteiger charge is 2.26. The van der Waals surface area contributed by atoms with Gasteiger partial charge in [-0.15, -0.1) is 0 Å². The maximum Gasteiger partial charge on any atom is 0.150 e. The Hall–Kier alpha value is -2.85. The van der Waals surface area contributed by atoms with Gasteiger partial charge in [0.25, 0.3) is 0 Å². The summed E-state index contributed by atoms with van der Waals surface area (Å²) in [6.07, 6.45) is 5.53. The summed E-state index contributed by atoms with van der Waals surface area (Å²) >= 11 is 6.04. The first kappa shape index (κ1) is 22.0. The molecule has 5 heteroatoms. The second-order valence-electron chi connectivity index (χ2n) is 9.34. The van der Waals surface area contributed by atoms with Crippen molar-refractivity contribution in [2.45, 2.75) is 59.8 Å². The summed E-state index contributed by atoms with van der Waals surface area (Å²) < 4.78 is 2.44. The molecule has 4 nitrogen and oxygen atoms in total. The first-order chi connectivity index (χ1) is 15.9. The Morgan fingerprint density at radius 2 is 1.64 bits per heavy atom. The minimum absolute atomic E-state index is 0.773. The smallest absolute Gasteiger partial charge is 0.150 e. The van der Waals surface area contributed by atoms with Crippen LogP contribution in [0.15, 0.2) is 36.4 Å². The van der Waals surface area contributed by atoms with Gasteiger partial charge < -0.3 is 5.32 Å². The van der Waals surface area contributed by atoms with E-state index in [1.807, 2.05) is 19.1 Å². The molecule has 33 heavy (non-hydrogen) atoms. The third kappa shape index (κ3) is 4.13. The maximum atomic E-state index is 6.04. The van der Waals surface area contributed by atoms with Gasteiger partial charge in [0.15, 0.2) is 5.65 Å². The fraction of sp³-hybridized carbons (Fsp3) is 0.357. The van der Waals surface area contributed by atoms with E-state index in [4.69, 9.17) is 21.6 Å². The lowest BCUT2D eigenvalue weighted by Gasteiger charge is -2.19. The van der Waals surface area contributed by atoms with Crippen LogP contribution in [0.25, 0.3) is 16.7 Å². The molecule has 0 fully saturated rings. The van der Waals surface area contributed by atoms with E-state index in [-0.39, 0.29) is 0 Å². The highest BCUT2D eigenvalue weighted by Crippen LogP contribution is 2.38. The normalized spacial score (nSPS) is 13.4. The van der Waals surface area contributed by atoms with Crippen LogP contribution in [0.1, 0.15) is 52.2 Å². The Bertz CT molecular complexity index is 1310. The van der Waals surface area contributed by atoms with Gasteiger partial charge in [-0.1, -0.05) is 41.4 Å². The fourth-order valence-electron chi connectivity index (χ4n) is 5.40. The molecule has 5 rings (SSSR count). The molecular formula is C28H31ClN4. The Kier molecular flexibility index (Phi) is 5.88. The van der Waals surface area contributed by atoms with Gasteiger partial charge in [0, 0.05) is 17.3 Å².